The van der Waals surface area contributed by atoms with Gasteiger partial charge in [-0.25, -0.2) is 9.48 Å². The predicted molar refractivity (Wildman–Crippen MR) is 123 cm³/mol. The molecule has 0 fully saturated rings. The number of carboxylic acid groups (broad SMARTS) is 1. The van der Waals surface area contributed by atoms with Gasteiger partial charge in [0, 0.05) is 17.7 Å². The molecular weight excluding hydrogens is 406 g/mol. The molecule has 32 heavy (non-hydrogen) atoms. The summed E-state index contributed by atoms with van der Waals surface area (Å²) in [6.07, 6.45) is 1.73. The lowest BCUT2D eigenvalue weighted by atomic mass is 9.95. The summed E-state index contributed by atoms with van der Waals surface area (Å²) in [5, 5.41) is 16.7. The first kappa shape index (κ1) is 22.9. The Hall–Kier alpha value is -3.74. The summed E-state index contributed by atoms with van der Waals surface area (Å²) in [6, 6.07) is 17.3. The number of carbonyl (C=O) groups excluding carboxylic acids is 1. The molecule has 2 N–H and O–H groups in total. The first-order valence-electron chi connectivity index (χ1n) is 10.8. The van der Waals surface area contributed by atoms with Gasteiger partial charge < -0.3 is 10.4 Å². The molecule has 1 atom stereocenters. The Bertz CT molecular complexity index is 1140. The first-order chi connectivity index (χ1) is 15.5. The molecule has 7 heteroatoms. The van der Waals surface area contributed by atoms with Crippen molar-refractivity contribution in [3.05, 3.63) is 76.6 Å². The van der Waals surface area contributed by atoms with Crippen molar-refractivity contribution >= 4 is 11.9 Å². The van der Waals surface area contributed by atoms with Crippen molar-refractivity contribution in [1.82, 2.24) is 15.1 Å². The fourth-order valence-corrected chi connectivity index (χ4v) is 3.58. The zero-order valence-corrected chi connectivity index (χ0v) is 18.2. The molecule has 166 valence electrons. The monoisotopic (exact) mass is 433 g/mol. The van der Waals surface area contributed by atoms with Crippen LogP contribution in [-0.2, 0) is 11.3 Å². The van der Waals surface area contributed by atoms with Crippen LogP contribution in [0.15, 0.2) is 65.5 Å². The van der Waals surface area contributed by atoms with Gasteiger partial charge >= 0.3 is 5.97 Å². The molecular formula is C25H27N3O4. The number of aromatic nitrogens is 2. The van der Waals surface area contributed by atoms with E-state index in [0.717, 1.165) is 12.0 Å². The minimum atomic E-state index is -1.12. The van der Waals surface area contributed by atoms with Gasteiger partial charge in [0.2, 0.25) is 0 Å². The summed E-state index contributed by atoms with van der Waals surface area (Å²) in [6.45, 7) is 3.99. The van der Waals surface area contributed by atoms with Crippen LogP contribution >= 0.6 is 0 Å². The molecule has 0 aliphatic heterocycles. The van der Waals surface area contributed by atoms with Crippen LogP contribution in [0.5, 0.6) is 0 Å². The van der Waals surface area contributed by atoms with Crippen LogP contribution < -0.4 is 10.9 Å². The Balaban J connectivity index is 2.25. The van der Waals surface area contributed by atoms with Crippen molar-refractivity contribution < 1.29 is 14.7 Å². The van der Waals surface area contributed by atoms with E-state index in [0.29, 0.717) is 23.2 Å². The SMILES string of the molecule is CCCCC(NC(=O)c1c(-c2ccccc2)c(-c2ccccc2)nn(CC)c1=O)C(=O)O. The van der Waals surface area contributed by atoms with Gasteiger partial charge in [-0.1, -0.05) is 80.4 Å². The third-order valence-corrected chi connectivity index (χ3v) is 5.24. The molecule has 0 aliphatic rings. The van der Waals surface area contributed by atoms with Crippen LogP contribution in [0.3, 0.4) is 0 Å². The molecule has 1 unspecified atom stereocenters. The zero-order chi connectivity index (χ0) is 23.1. The van der Waals surface area contributed by atoms with E-state index in [-0.39, 0.29) is 18.5 Å². The van der Waals surface area contributed by atoms with Gasteiger partial charge in [0.05, 0.1) is 5.69 Å². The normalized spacial score (nSPS) is 11.7. The van der Waals surface area contributed by atoms with E-state index in [4.69, 9.17) is 0 Å². The molecule has 2 aromatic carbocycles. The van der Waals surface area contributed by atoms with Crippen molar-refractivity contribution in [2.24, 2.45) is 0 Å². The van der Waals surface area contributed by atoms with Gasteiger partial charge in [-0.2, -0.15) is 5.10 Å². The van der Waals surface area contributed by atoms with Crippen molar-refractivity contribution in [2.45, 2.75) is 45.7 Å². The number of amides is 1. The molecule has 0 saturated heterocycles. The van der Waals surface area contributed by atoms with Crippen LogP contribution in [0.4, 0.5) is 0 Å². The van der Waals surface area contributed by atoms with E-state index in [9.17, 15) is 19.5 Å². The molecule has 1 aromatic heterocycles. The smallest absolute Gasteiger partial charge is 0.326 e. The van der Waals surface area contributed by atoms with Crippen molar-refractivity contribution in [3.63, 3.8) is 0 Å². The van der Waals surface area contributed by atoms with E-state index in [1.165, 1.54) is 4.68 Å². The van der Waals surface area contributed by atoms with E-state index < -0.39 is 23.5 Å². The summed E-state index contributed by atoms with van der Waals surface area (Å²) < 4.78 is 1.24. The Kier molecular flexibility index (Phi) is 7.54. The lowest BCUT2D eigenvalue weighted by molar-refractivity contribution is -0.139. The summed E-state index contributed by atoms with van der Waals surface area (Å²) >= 11 is 0. The Morgan fingerprint density at radius 3 is 2.12 bits per heavy atom. The molecule has 7 nitrogen and oxygen atoms in total. The van der Waals surface area contributed by atoms with Gasteiger partial charge in [-0.15, -0.1) is 0 Å². The minimum Gasteiger partial charge on any atom is -0.480 e. The fraction of sp³-hybridized carbons (Fsp3) is 0.280. The van der Waals surface area contributed by atoms with Gasteiger partial charge in [-0.05, 0) is 18.9 Å². The van der Waals surface area contributed by atoms with Gasteiger partial charge in [0.25, 0.3) is 11.5 Å². The highest BCUT2D eigenvalue weighted by Gasteiger charge is 2.28. The van der Waals surface area contributed by atoms with Crippen molar-refractivity contribution in [1.29, 1.82) is 0 Å². The van der Waals surface area contributed by atoms with Gasteiger partial charge in [0.1, 0.15) is 11.6 Å². The maximum absolute atomic E-state index is 13.4. The number of unbranched alkanes of at least 4 members (excludes halogenated alkanes) is 1. The molecule has 3 aromatic rings. The third-order valence-electron chi connectivity index (χ3n) is 5.24. The molecule has 3 rings (SSSR count). The molecule has 0 saturated carbocycles. The number of aryl methyl sites for hydroxylation is 1. The second-order valence-corrected chi connectivity index (χ2v) is 7.46. The zero-order valence-electron chi connectivity index (χ0n) is 18.2. The minimum absolute atomic E-state index is 0.102. The van der Waals surface area contributed by atoms with Gasteiger partial charge in [-0.3, -0.25) is 9.59 Å². The lowest BCUT2D eigenvalue weighted by Crippen LogP contribution is -2.44. The number of benzene rings is 2. The van der Waals surface area contributed by atoms with Crippen molar-refractivity contribution in [3.8, 4) is 22.4 Å². The lowest BCUT2D eigenvalue weighted by Gasteiger charge is -2.19. The summed E-state index contributed by atoms with van der Waals surface area (Å²) in [7, 11) is 0. The molecule has 1 heterocycles. The second kappa shape index (κ2) is 10.5. The van der Waals surface area contributed by atoms with Crippen LogP contribution in [-0.4, -0.2) is 32.8 Å². The Morgan fingerprint density at radius 2 is 1.59 bits per heavy atom. The standard InChI is InChI=1S/C25H27N3O4/c1-3-5-16-19(25(31)32)26-23(29)21-20(17-12-8-6-9-13-17)22(18-14-10-7-11-15-18)27-28(4-2)24(21)30/h6-15,19H,3-5,16H2,1-2H3,(H,26,29)(H,31,32). The number of carbonyl (C=O) groups is 2. The number of nitrogens with one attached hydrogen (secondary N) is 1. The van der Waals surface area contributed by atoms with Crippen LogP contribution in [0, 0.1) is 0 Å². The molecule has 0 aliphatic carbocycles. The summed E-state index contributed by atoms with van der Waals surface area (Å²) in [4.78, 5) is 38.4. The van der Waals surface area contributed by atoms with Crippen LogP contribution in [0.2, 0.25) is 0 Å². The van der Waals surface area contributed by atoms with Crippen LogP contribution in [0.25, 0.3) is 22.4 Å². The quantitative estimate of drug-likeness (QED) is 0.532. The first-order valence-corrected chi connectivity index (χ1v) is 10.8. The maximum atomic E-state index is 13.4. The number of nitrogens with zero attached hydrogens (tertiary/aromatic N) is 2. The molecule has 1 amide bonds. The largest absolute Gasteiger partial charge is 0.480 e. The van der Waals surface area contributed by atoms with E-state index >= 15 is 0 Å². The number of hydrogen-bond donors (Lipinski definition) is 2. The summed E-state index contributed by atoms with van der Waals surface area (Å²) in [5.41, 5.74) is 1.64. The number of carboxylic acids is 1. The summed E-state index contributed by atoms with van der Waals surface area (Å²) in [5.74, 6) is -1.83. The molecule has 0 bridgehead atoms. The molecule has 0 radical (unpaired) electrons. The number of hydrogen-bond acceptors (Lipinski definition) is 4. The fourth-order valence-electron chi connectivity index (χ4n) is 3.58. The highest BCUT2D eigenvalue weighted by Crippen LogP contribution is 2.32. The highest BCUT2D eigenvalue weighted by atomic mass is 16.4. The Labute approximate surface area is 186 Å². The maximum Gasteiger partial charge on any atom is 0.326 e. The van der Waals surface area contributed by atoms with E-state index in [2.05, 4.69) is 10.4 Å². The second-order valence-electron chi connectivity index (χ2n) is 7.46. The topological polar surface area (TPSA) is 101 Å². The average Bonchev–Trinajstić information content (AvgIpc) is 2.82. The average molecular weight is 434 g/mol. The third kappa shape index (κ3) is 4.94. The number of aliphatic carboxylic acids is 1. The Morgan fingerprint density at radius 1 is 1.00 bits per heavy atom. The number of rotatable bonds is 9. The van der Waals surface area contributed by atoms with Gasteiger partial charge in [0.15, 0.2) is 0 Å². The van der Waals surface area contributed by atoms with E-state index in [1.807, 2.05) is 67.6 Å². The van der Waals surface area contributed by atoms with E-state index in [1.54, 1.807) is 6.92 Å². The van der Waals surface area contributed by atoms with Crippen molar-refractivity contribution in [2.75, 3.05) is 0 Å². The highest BCUT2D eigenvalue weighted by molar-refractivity contribution is 6.04. The predicted octanol–water partition coefficient (Wildman–Crippen LogP) is 3.97. The molecule has 0 spiro atoms. The van der Waals surface area contributed by atoms with Crippen LogP contribution in [0.1, 0.15) is 43.5 Å².